The van der Waals surface area contributed by atoms with Crippen LogP contribution in [0.5, 0.6) is 0 Å². The van der Waals surface area contributed by atoms with Gasteiger partial charge < -0.3 is 4.57 Å². The molecule has 0 aliphatic rings. The Morgan fingerprint density at radius 2 is 1.12 bits per heavy atom. The molecular formula is C37H21N3S. The van der Waals surface area contributed by atoms with Gasteiger partial charge in [0.05, 0.1) is 27.6 Å². The predicted octanol–water partition coefficient (Wildman–Crippen LogP) is 10.3. The highest BCUT2D eigenvalue weighted by Gasteiger charge is 2.19. The quantitative estimate of drug-likeness (QED) is 0.190. The molecule has 0 atom stereocenters. The topological polar surface area (TPSA) is 22.2 Å². The molecule has 190 valence electrons. The van der Waals surface area contributed by atoms with Gasteiger partial charge in [0.15, 0.2) is 0 Å². The van der Waals surface area contributed by atoms with Crippen molar-refractivity contribution in [3.05, 3.63) is 127 Å². The summed E-state index contributed by atoms with van der Waals surface area (Å²) in [5.41, 5.74) is 7.92. The minimum absolute atomic E-state index is 0.999. The van der Waals surface area contributed by atoms with E-state index in [0.717, 1.165) is 22.4 Å². The highest BCUT2D eigenvalue weighted by Crippen LogP contribution is 2.43. The Balaban J connectivity index is 1.47. The maximum Gasteiger partial charge on any atom is 0.146 e. The standard InChI is InChI=1S/C37H21N3S/c1-2-10-22(11-3-1)39-33-19-28-24-13-5-9-17-35(24)41-36(28)21-27(33)26-18-25-23-12-4-7-15-31(23)40-32-16-8-6-14-30(32)38-37(40)29(25)20-34(26)39/h1-21H. The summed E-state index contributed by atoms with van der Waals surface area (Å²) in [6, 6.07) is 46.3. The molecule has 6 aromatic carbocycles. The second-order valence-electron chi connectivity index (χ2n) is 10.8. The van der Waals surface area contributed by atoms with Gasteiger partial charge in [-0.25, -0.2) is 4.98 Å². The molecule has 0 amide bonds. The maximum absolute atomic E-state index is 5.18. The molecule has 0 N–H and O–H groups in total. The number of rotatable bonds is 1. The van der Waals surface area contributed by atoms with Crippen molar-refractivity contribution in [3.8, 4) is 5.69 Å². The van der Waals surface area contributed by atoms with Crippen molar-refractivity contribution < 1.29 is 0 Å². The monoisotopic (exact) mass is 539 g/mol. The van der Waals surface area contributed by atoms with Crippen molar-refractivity contribution in [1.29, 1.82) is 0 Å². The zero-order valence-corrected chi connectivity index (χ0v) is 22.7. The van der Waals surface area contributed by atoms with E-state index in [1.54, 1.807) is 0 Å². The average molecular weight is 540 g/mol. The van der Waals surface area contributed by atoms with Gasteiger partial charge in [-0.1, -0.05) is 66.7 Å². The molecule has 0 spiro atoms. The normalized spacial score (nSPS) is 12.4. The number of benzene rings is 6. The number of nitrogens with zero attached hydrogens (tertiary/aromatic N) is 3. The van der Waals surface area contributed by atoms with Crippen molar-refractivity contribution in [2.24, 2.45) is 0 Å². The van der Waals surface area contributed by atoms with E-state index in [1.807, 2.05) is 11.3 Å². The van der Waals surface area contributed by atoms with Crippen LogP contribution in [0.15, 0.2) is 127 Å². The third-order valence-electron chi connectivity index (χ3n) is 8.65. The Morgan fingerprint density at radius 1 is 0.439 bits per heavy atom. The van der Waals surface area contributed by atoms with Crippen LogP contribution in [-0.4, -0.2) is 14.0 Å². The van der Waals surface area contributed by atoms with Gasteiger partial charge in [-0.3, -0.25) is 4.40 Å². The second kappa shape index (κ2) is 7.72. The number of imidazole rings is 1. The predicted molar refractivity (Wildman–Crippen MR) is 175 cm³/mol. The Hall–Kier alpha value is -5.19. The summed E-state index contributed by atoms with van der Waals surface area (Å²) in [6.07, 6.45) is 0. The fourth-order valence-corrected chi connectivity index (χ4v) is 8.02. The average Bonchev–Trinajstić information content (AvgIpc) is 3.69. The van der Waals surface area contributed by atoms with Gasteiger partial charge in [-0.15, -0.1) is 11.3 Å². The second-order valence-corrected chi connectivity index (χ2v) is 11.9. The van der Waals surface area contributed by atoms with Crippen LogP contribution in [0.1, 0.15) is 0 Å². The smallest absolute Gasteiger partial charge is 0.146 e. The van der Waals surface area contributed by atoms with Crippen LogP contribution in [0, 0.1) is 0 Å². The van der Waals surface area contributed by atoms with Crippen molar-refractivity contribution in [2.75, 3.05) is 0 Å². The first-order chi connectivity index (χ1) is 20.3. The molecule has 41 heavy (non-hydrogen) atoms. The van der Waals surface area contributed by atoms with E-state index in [1.165, 1.54) is 63.7 Å². The minimum atomic E-state index is 0.999. The number of hydrogen-bond donors (Lipinski definition) is 0. The largest absolute Gasteiger partial charge is 0.309 e. The van der Waals surface area contributed by atoms with Crippen LogP contribution in [0.3, 0.4) is 0 Å². The summed E-state index contributed by atoms with van der Waals surface area (Å²) in [6.45, 7) is 0. The van der Waals surface area contributed by atoms with Gasteiger partial charge in [-0.05, 0) is 66.0 Å². The lowest BCUT2D eigenvalue weighted by atomic mass is 10.0. The summed E-state index contributed by atoms with van der Waals surface area (Å²) in [7, 11) is 0. The summed E-state index contributed by atoms with van der Waals surface area (Å²) >= 11 is 1.88. The fraction of sp³-hybridized carbons (Fsp3) is 0. The van der Waals surface area contributed by atoms with E-state index >= 15 is 0 Å². The molecule has 0 radical (unpaired) electrons. The molecule has 10 aromatic rings. The molecule has 0 bridgehead atoms. The first-order valence-electron chi connectivity index (χ1n) is 13.9. The van der Waals surface area contributed by atoms with Crippen LogP contribution >= 0.6 is 11.3 Å². The number of fused-ring (bicyclic) bond motifs is 14. The number of pyridine rings is 1. The zero-order chi connectivity index (χ0) is 26.7. The molecule has 0 aliphatic carbocycles. The minimum Gasteiger partial charge on any atom is -0.309 e. The Labute approximate surface area is 238 Å². The summed E-state index contributed by atoms with van der Waals surface area (Å²) < 4.78 is 7.42. The lowest BCUT2D eigenvalue weighted by Gasteiger charge is -2.11. The molecule has 3 nitrogen and oxygen atoms in total. The molecule has 0 unspecified atom stereocenters. The molecule has 4 heteroatoms. The molecular weight excluding hydrogens is 518 g/mol. The summed E-state index contributed by atoms with van der Waals surface area (Å²) in [4.78, 5) is 5.18. The fourth-order valence-electron chi connectivity index (χ4n) is 6.89. The lowest BCUT2D eigenvalue weighted by molar-refractivity contribution is 1.18. The van der Waals surface area contributed by atoms with Gasteiger partial charge in [0.25, 0.3) is 0 Å². The van der Waals surface area contributed by atoms with E-state index in [-0.39, 0.29) is 0 Å². The number of aromatic nitrogens is 3. The van der Waals surface area contributed by atoms with Gasteiger partial charge in [-0.2, -0.15) is 0 Å². The molecule has 4 heterocycles. The van der Waals surface area contributed by atoms with Crippen molar-refractivity contribution in [3.63, 3.8) is 0 Å². The summed E-state index contributed by atoms with van der Waals surface area (Å²) in [5, 5.41) is 8.82. The SMILES string of the molecule is c1ccc(-n2c3cc4c(cc3c3cc5c6ccccc6n6c7ccccc7nc6c5cc32)sc2ccccc24)cc1. The van der Waals surface area contributed by atoms with E-state index in [4.69, 9.17) is 4.98 Å². The van der Waals surface area contributed by atoms with E-state index in [2.05, 4.69) is 136 Å². The highest BCUT2D eigenvalue weighted by molar-refractivity contribution is 7.25. The molecule has 10 rings (SSSR count). The van der Waals surface area contributed by atoms with Crippen LogP contribution in [0.4, 0.5) is 0 Å². The van der Waals surface area contributed by atoms with E-state index in [0.29, 0.717) is 0 Å². The van der Waals surface area contributed by atoms with Crippen molar-refractivity contribution in [1.82, 2.24) is 14.0 Å². The van der Waals surface area contributed by atoms with Crippen molar-refractivity contribution in [2.45, 2.75) is 0 Å². The van der Waals surface area contributed by atoms with E-state index < -0.39 is 0 Å². The van der Waals surface area contributed by atoms with Crippen LogP contribution in [-0.2, 0) is 0 Å². The van der Waals surface area contributed by atoms with Crippen molar-refractivity contribution >= 4 is 91.7 Å². The van der Waals surface area contributed by atoms with Gasteiger partial charge in [0.1, 0.15) is 5.65 Å². The van der Waals surface area contributed by atoms with Gasteiger partial charge in [0.2, 0.25) is 0 Å². The Kier molecular flexibility index (Phi) is 4.07. The van der Waals surface area contributed by atoms with Gasteiger partial charge >= 0.3 is 0 Å². The third kappa shape index (κ3) is 2.79. The Morgan fingerprint density at radius 3 is 2.00 bits per heavy atom. The highest BCUT2D eigenvalue weighted by atomic mass is 32.1. The van der Waals surface area contributed by atoms with Crippen LogP contribution < -0.4 is 0 Å². The van der Waals surface area contributed by atoms with Gasteiger partial charge in [0, 0.05) is 47.4 Å². The molecule has 0 saturated heterocycles. The van der Waals surface area contributed by atoms with Crippen LogP contribution in [0.25, 0.3) is 86.0 Å². The number of thiophene rings is 1. The Bertz CT molecular complexity index is 2690. The molecule has 4 aromatic heterocycles. The first kappa shape index (κ1) is 21.6. The molecule has 0 fully saturated rings. The lowest BCUT2D eigenvalue weighted by Crippen LogP contribution is -1.95. The molecule has 0 saturated carbocycles. The number of hydrogen-bond acceptors (Lipinski definition) is 2. The van der Waals surface area contributed by atoms with E-state index in [9.17, 15) is 0 Å². The first-order valence-corrected chi connectivity index (χ1v) is 14.7. The third-order valence-corrected chi connectivity index (χ3v) is 9.79. The zero-order valence-electron chi connectivity index (χ0n) is 21.9. The maximum atomic E-state index is 5.18. The number of para-hydroxylation sites is 4. The molecule has 0 aliphatic heterocycles. The van der Waals surface area contributed by atoms with Crippen LogP contribution in [0.2, 0.25) is 0 Å². The summed E-state index contributed by atoms with van der Waals surface area (Å²) in [5.74, 6) is 0.